The van der Waals surface area contributed by atoms with Crippen molar-refractivity contribution in [2.75, 3.05) is 18.0 Å². The lowest BCUT2D eigenvalue weighted by atomic mass is 10.3. The van der Waals surface area contributed by atoms with Crippen molar-refractivity contribution in [3.63, 3.8) is 0 Å². The lowest BCUT2D eigenvalue weighted by molar-refractivity contribution is 0.726. The first-order valence-corrected chi connectivity index (χ1v) is 5.80. The molecular formula is C8H15N3S2. The van der Waals surface area contributed by atoms with E-state index >= 15 is 0 Å². The Balaban J connectivity index is 2.61. The van der Waals surface area contributed by atoms with Crippen molar-refractivity contribution < 1.29 is 0 Å². The Bertz CT molecular complexity index is 292. The van der Waals surface area contributed by atoms with Crippen LogP contribution in [0.2, 0.25) is 0 Å². The molecule has 5 heteroatoms. The van der Waals surface area contributed by atoms with Crippen LogP contribution in [-0.2, 0) is 0 Å². The molecule has 0 aliphatic carbocycles. The minimum absolute atomic E-state index is 0.755. The van der Waals surface area contributed by atoms with Crippen LogP contribution in [0.4, 0.5) is 5.13 Å². The molecule has 1 heterocycles. The molecule has 0 aliphatic rings. The van der Waals surface area contributed by atoms with Gasteiger partial charge in [0.15, 0.2) is 3.95 Å². The molecule has 0 saturated heterocycles. The van der Waals surface area contributed by atoms with E-state index in [1.165, 1.54) is 12.8 Å². The molecule has 1 aromatic heterocycles. The second-order valence-corrected chi connectivity index (χ2v) is 4.47. The van der Waals surface area contributed by atoms with Crippen LogP contribution in [-0.4, -0.2) is 23.3 Å². The highest BCUT2D eigenvalue weighted by Crippen LogP contribution is 2.17. The fourth-order valence-corrected chi connectivity index (χ4v) is 2.06. The van der Waals surface area contributed by atoms with Gasteiger partial charge in [0.1, 0.15) is 0 Å². The lowest BCUT2D eigenvalue weighted by Crippen LogP contribution is -2.23. The first-order valence-electron chi connectivity index (χ1n) is 4.58. The number of rotatable bonds is 5. The molecule has 0 saturated carbocycles. The van der Waals surface area contributed by atoms with Gasteiger partial charge >= 0.3 is 0 Å². The number of anilines is 1. The van der Waals surface area contributed by atoms with E-state index in [4.69, 9.17) is 12.2 Å². The molecule has 1 N–H and O–H groups in total. The van der Waals surface area contributed by atoms with E-state index < -0.39 is 0 Å². The van der Waals surface area contributed by atoms with Crippen LogP contribution in [0.1, 0.15) is 26.7 Å². The SMILES string of the molecule is CCCCN(CC)c1n[nH]c(=S)s1. The Morgan fingerprint density at radius 3 is 2.77 bits per heavy atom. The summed E-state index contributed by atoms with van der Waals surface area (Å²) in [6.45, 7) is 6.40. The molecule has 3 nitrogen and oxygen atoms in total. The first-order chi connectivity index (χ1) is 6.27. The third-order valence-corrected chi connectivity index (χ3v) is 3.01. The minimum atomic E-state index is 0.755. The highest BCUT2D eigenvalue weighted by molar-refractivity contribution is 7.73. The second kappa shape index (κ2) is 5.34. The zero-order chi connectivity index (χ0) is 9.68. The van der Waals surface area contributed by atoms with Gasteiger partial charge < -0.3 is 4.90 Å². The van der Waals surface area contributed by atoms with Crippen LogP contribution in [0.3, 0.4) is 0 Å². The maximum Gasteiger partial charge on any atom is 0.206 e. The van der Waals surface area contributed by atoms with Crippen LogP contribution in [0, 0.1) is 3.95 Å². The summed E-state index contributed by atoms with van der Waals surface area (Å²) in [4.78, 5) is 2.25. The predicted molar refractivity (Wildman–Crippen MR) is 60.1 cm³/mol. The Kier molecular flexibility index (Phi) is 4.38. The Morgan fingerprint density at radius 2 is 2.31 bits per heavy atom. The average molecular weight is 217 g/mol. The number of aromatic amines is 1. The van der Waals surface area contributed by atoms with Gasteiger partial charge in [-0.05, 0) is 25.6 Å². The molecule has 1 aromatic rings. The summed E-state index contributed by atoms with van der Waals surface area (Å²) < 4.78 is 0.755. The number of H-pyrrole nitrogens is 1. The Hall–Kier alpha value is -0.420. The monoisotopic (exact) mass is 217 g/mol. The van der Waals surface area contributed by atoms with Crippen LogP contribution in [0.15, 0.2) is 0 Å². The van der Waals surface area contributed by atoms with Gasteiger partial charge in [0, 0.05) is 13.1 Å². The maximum absolute atomic E-state index is 4.99. The number of nitrogens with zero attached hydrogens (tertiary/aromatic N) is 2. The molecule has 0 spiro atoms. The van der Waals surface area contributed by atoms with Crippen molar-refractivity contribution >= 4 is 28.7 Å². The van der Waals surface area contributed by atoms with Crippen molar-refractivity contribution in [1.82, 2.24) is 10.2 Å². The second-order valence-electron chi connectivity index (χ2n) is 2.83. The molecule has 0 atom stereocenters. The van der Waals surface area contributed by atoms with Crippen molar-refractivity contribution in [1.29, 1.82) is 0 Å². The van der Waals surface area contributed by atoms with Crippen molar-refractivity contribution in [2.45, 2.75) is 26.7 Å². The number of nitrogens with one attached hydrogen (secondary N) is 1. The predicted octanol–water partition coefficient (Wildman–Crippen LogP) is 2.83. The molecule has 0 radical (unpaired) electrons. The van der Waals surface area contributed by atoms with Crippen LogP contribution in [0.5, 0.6) is 0 Å². The summed E-state index contributed by atoms with van der Waals surface area (Å²) in [5, 5.41) is 7.97. The summed E-state index contributed by atoms with van der Waals surface area (Å²) in [6.07, 6.45) is 2.42. The molecule has 0 amide bonds. The first kappa shape index (κ1) is 10.7. The van der Waals surface area contributed by atoms with Crippen LogP contribution >= 0.6 is 23.6 Å². The summed E-state index contributed by atoms with van der Waals surface area (Å²) >= 11 is 6.53. The van der Waals surface area contributed by atoms with E-state index in [0.717, 1.165) is 22.2 Å². The number of hydrogen-bond donors (Lipinski definition) is 1. The number of unbranched alkanes of at least 4 members (excludes halogenated alkanes) is 1. The summed E-state index contributed by atoms with van der Waals surface area (Å²) in [6, 6.07) is 0. The summed E-state index contributed by atoms with van der Waals surface area (Å²) in [5.74, 6) is 0. The molecule has 0 aromatic carbocycles. The highest BCUT2D eigenvalue weighted by Gasteiger charge is 2.06. The summed E-state index contributed by atoms with van der Waals surface area (Å²) in [5.41, 5.74) is 0. The lowest BCUT2D eigenvalue weighted by Gasteiger charge is -2.18. The van der Waals surface area contributed by atoms with Gasteiger partial charge in [-0.1, -0.05) is 24.7 Å². The fraction of sp³-hybridized carbons (Fsp3) is 0.750. The normalized spacial score (nSPS) is 10.3. The molecular weight excluding hydrogens is 202 g/mol. The third-order valence-electron chi connectivity index (χ3n) is 1.86. The Labute approximate surface area is 87.8 Å². The van der Waals surface area contributed by atoms with Gasteiger partial charge in [-0.15, -0.1) is 5.10 Å². The molecule has 0 bridgehead atoms. The maximum atomic E-state index is 4.99. The topological polar surface area (TPSA) is 31.9 Å². The van der Waals surface area contributed by atoms with Gasteiger partial charge in [0.05, 0.1) is 0 Å². The average Bonchev–Trinajstić information content (AvgIpc) is 2.54. The molecule has 13 heavy (non-hydrogen) atoms. The van der Waals surface area contributed by atoms with Crippen molar-refractivity contribution in [3.05, 3.63) is 3.95 Å². The number of aromatic nitrogens is 2. The minimum Gasteiger partial charge on any atom is -0.347 e. The van der Waals surface area contributed by atoms with Gasteiger partial charge in [0.25, 0.3) is 0 Å². The van der Waals surface area contributed by atoms with Gasteiger partial charge in [-0.2, -0.15) is 0 Å². The fourth-order valence-electron chi connectivity index (χ4n) is 1.10. The van der Waals surface area contributed by atoms with E-state index in [1.807, 2.05) is 0 Å². The van der Waals surface area contributed by atoms with Crippen LogP contribution in [0.25, 0.3) is 0 Å². The summed E-state index contributed by atoms with van der Waals surface area (Å²) in [7, 11) is 0. The molecule has 0 unspecified atom stereocenters. The molecule has 1 rings (SSSR count). The van der Waals surface area contributed by atoms with E-state index in [2.05, 4.69) is 28.9 Å². The smallest absolute Gasteiger partial charge is 0.206 e. The van der Waals surface area contributed by atoms with Gasteiger partial charge in [0.2, 0.25) is 5.13 Å². The number of hydrogen-bond acceptors (Lipinski definition) is 4. The molecule has 0 fully saturated rings. The third kappa shape index (κ3) is 3.08. The standard InChI is InChI=1S/C8H15N3S2/c1-3-5-6-11(4-2)7-9-10-8(12)13-7/h3-6H2,1-2H3,(H,10,12). The van der Waals surface area contributed by atoms with E-state index in [9.17, 15) is 0 Å². The zero-order valence-electron chi connectivity index (χ0n) is 8.04. The zero-order valence-corrected chi connectivity index (χ0v) is 9.67. The van der Waals surface area contributed by atoms with E-state index in [1.54, 1.807) is 11.3 Å². The van der Waals surface area contributed by atoms with Gasteiger partial charge in [-0.25, -0.2) is 0 Å². The quantitative estimate of drug-likeness (QED) is 0.770. The van der Waals surface area contributed by atoms with E-state index in [-0.39, 0.29) is 0 Å². The van der Waals surface area contributed by atoms with Crippen LogP contribution < -0.4 is 4.90 Å². The molecule has 74 valence electrons. The highest BCUT2D eigenvalue weighted by atomic mass is 32.1. The van der Waals surface area contributed by atoms with Crippen molar-refractivity contribution in [3.8, 4) is 0 Å². The van der Waals surface area contributed by atoms with Crippen molar-refractivity contribution in [2.24, 2.45) is 0 Å². The van der Waals surface area contributed by atoms with Gasteiger partial charge in [-0.3, -0.25) is 5.10 Å². The van der Waals surface area contributed by atoms with E-state index in [0.29, 0.717) is 0 Å². The largest absolute Gasteiger partial charge is 0.347 e. The molecule has 0 aliphatic heterocycles. The Morgan fingerprint density at radius 1 is 1.54 bits per heavy atom.